The van der Waals surface area contributed by atoms with Gasteiger partial charge in [-0.25, -0.2) is 0 Å². The van der Waals surface area contributed by atoms with Crippen molar-refractivity contribution in [1.82, 2.24) is 5.32 Å². The predicted octanol–water partition coefficient (Wildman–Crippen LogP) is 4.58. The molecule has 25 heavy (non-hydrogen) atoms. The summed E-state index contributed by atoms with van der Waals surface area (Å²) in [7, 11) is 0. The molecule has 1 aliphatic heterocycles. The molecule has 128 valence electrons. The second kappa shape index (κ2) is 6.64. The first-order chi connectivity index (χ1) is 11.8. The highest BCUT2D eigenvalue weighted by molar-refractivity contribution is 8.18. The van der Waals surface area contributed by atoms with E-state index in [2.05, 4.69) is 10.1 Å². The van der Waals surface area contributed by atoms with Gasteiger partial charge in [-0.2, -0.15) is 0 Å². The van der Waals surface area contributed by atoms with Crippen molar-refractivity contribution in [3.05, 3.63) is 59.0 Å². The zero-order valence-corrected chi connectivity index (χ0v) is 13.3. The van der Waals surface area contributed by atoms with Crippen molar-refractivity contribution in [3.63, 3.8) is 0 Å². The fourth-order valence-electron chi connectivity index (χ4n) is 2.29. The zero-order valence-electron chi connectivity index (χ0n) is 12.5. The first kappa shape index (κ1) is 17.1. The molecule has 0 saturated carbocycles. The van der Waals surface area contributed by atoms with Crippen molar-refractivity contribution >= 4 is 29.0 Å². The number of para-hydroxylation sites is 1. The Hall–Kier alpha value is -2.74. The van der Waals surface area contributed by atoms with Crippen LogP contribution in [0.1, 0.15) is 5.56 Å². The number of rotatable bonds is 3. The Balaban J connectivity index is 1.97. The highest BCUT2D eigenvalue weighted by Gasteiger charge is 2.32. The smallest absolute Gasteiger partial charge is 0.405 e. The molecule has 0 spiro atoms. The number of hydrogen-bond acceptors (Lipinski definition) is 4. The summed E-state index contributed by atoms with van der Waals surface area (Å²) in [6.07, 6.45) is -3.30. The molecule has 0 aliphatic carbocycles. The Labute approximate surface area is 144 Å². The normalized spacial score (nSPS) is 16.2. The summed E-state index contributed by atoms with van der Waals surface area (Å²) < 4.78 is 41.7. The van der Waals surface area contributed by atoms with Gasteiger partial charge in [-0.15, -0.1) is 13.2 Å². The number of amides is 2. The van der Waals surface area contributed by atoms with Crippen LogP contribution in [0.2, 0.25) is 0 Å². The van der Waals surface area contributed by atoms with Gasteiger partial charge in [0.25, 0.3) is 11.1 Å². The molecule has 0 aromatic heterocycles. The van der Waals surface area contributed by atoms with Gasteiger partial charge in [-0.1, -0.05) is 36.4 Å². The van der Waals surface area contributed by atoms with Crippen LogP contribution in [0, 0.1) is 0 Å². The fourth-order valence-corrected chi connectivity index (χ4v) is 2.97. The van der Waals surface area contributed by atoms with Gasteiger partial charge < -0.3 is 4.74 Å². The van der Waals surface area contributed by atoms with Gasteiger partial charge in [0.1, 0.15) is 5.75 Å². The van der Waals surface area contributed by atoms with Crippen LogP contribution in [0.25, 0.3) is 17.2 Å². The van der Waals surface area contributed by atoms with Crippen molar-refractivity contribution in [2.75, 3.05) is 0 Å². The third-order valence-electron chi connectivity index (χ3n) is 3.25. The number of benzene rings is 2. The lowest BCUT2D eigenvalue weighted by Crippen LogP contribution is -2.17. The van der Waals surface area contributed by atoms with Crippen molar-refractivity contribution in [1.29, 1.82) is 0 Å². The van der Waals surface area contributed by atoms with E-state index in [1.807, 2.05) is 0 Å². The Morgan fingerprint density at radius 1 is 1.04 bits per heavy atom. The summed E-state index contributed by atoms with van der Waals surface area (Å²) >= 11 is 0.769. The highest BCUT2D eigenvalue weighted by Crippen LogP contribution is 2.34. The Kier molecular flexibility index (Phi) is 4.54. The summed E-state index contributed by atoms with van der Waals surface area (Å²) in [5.41, 5.74) is 1.33. The van der Waals surface area contributed by atoms with Gasteiger partial charge in [-0.05, 0) is 41.1 Å². The lowest BCUT2D eigenvalue weighted by molar-refractivity contribution is -0.274. The maximum absolute atomic E-state index is 12.6. The molecule has 0 unspecified atom stereocenters. The summed E-state index contributed by atoms with van der Waals surface area (Å²) in [5, 5.41) is 1.68. The molecule has 4 nitrogen and oxygen atoms in total. The zero-order chi connectivity index (χ0) is 18.0. The van der Waals surface area contributed by atoms with Crippen molar-refractivity contribution in [2.24, 2.45) is 0 Å². The number of imide groups is 1. The summed E-state index contributed by atoms with van der Waals surface area (Å²) in [4.78, 5) is 23.0. The minimum Gasteiger partial charge on any atom is -0.405 e. The lowest BCUT2D eigenvalue weighted by atomic mass is 10.0. The average Bonchev–Trinajstić information content (AvgIpc) is 2.84. The average molecular weight is 365 g/mol. The first-order valence-corrected chi connectivity index (χ1v) is 7.83. The van der Waals surface area contributed by atoms with E-state index >= 15 is 0 Å². The molecule has 2 aromatic carbocycles. The largest absolute Gasteiger partial charge is 0.573 e. The van der Waals surface area contributed by atoms with Crippen molar-refractivity contribution < 1.29 is 27.5 Å². The van der Waals surface area contributed by atoms with Crippen LogP contribution in [0.5, 0.6) is 5.75 Å². The number of carbonyl (C=O) groups excluding carboxylic acids is 2. The van der Waals surface area contributed by atoms with Crippen molar-refractivity contribution in [3.8, 4) is 16.9 Å². The molecule has 0 atom stereocenters. The number of ether oxygens (including phenoxy) is 1. The van der Waals surface area contributed by atoms with Gasteiger partial charge in [0, 0.05) is 5.56 Å². The van der Waals surface area contributed by atoms with Gasteiger partial charge >= 0.3 is 6.36 Å². The third kappa shape index (κ3) is 4.21. The van der Waals surface area contributed by atoms with Crippen LogP contribution >= 0.6 is 11.8 Å². The maximum Gasteiger partial charge on any atom is 0.573 e. The highest BCUT2D eigenvalue weighted by atomic mass is 32.2. The van der Waals surface area contributed by atoms with E-state index in [0.717, 1.165) is 11.8 Å². The summed E-state index contributed by atoms with van der Waals surface area (Å²) in [6.45, 7) is 0. The molecule has 1 N–H and O–H groups in total. The Morgan fingerprint density at radius 2 is 1.80 bits per heavy atom. The van der Waals surface area contributed by atoms with E-state index in [4.69, 9.17) is 0 Å². The molecule has 2 aromatic rings. The van der Waals surface area contributed by atoms with Crippen LogP contribution in [0.4, 0.5) is 18.0 Å². The molecule has 2 amide bonds. The number of thioether (sulfide) groups is 1. The minimum absolute atomic E-state index is 0.224. The van der Waals surface area contributed by atoms with Gasteiger partial charge in [0.05, 0.1) is 4.91 Å². The fraction of sp³-hybridized carbons (Fsp3) is 0.0588. The quantitative estimate of drug-likeness (QED) is 0.809. The monoisotopic (exact) mass is 365 g/mol. The molecular formula is C17H10F3NO3S. The minimum atomic E-state index is -4.80. The van der Waals surface area contributed by atoms with E-state index in [0.29, 0.717) is 11.1 Å². The predicted molar refractivity (Wildman–Crippen MR) is 87.7 cm³/mol. The standard InChI is InChI=1S/C17H10F3NO3S/c18-17(19,20)24-13-7-2-1-6-12(13)11-5-3-4-10(8-11)9-14-15(22)21-16(23)25-14/h1-9H,(H,21,22,23)/b14-9-. The molecular weight excluding hydrogens is 355 g/mol. The topological polar surface area (TPSA) is 55.4 Å². The molecule has 0 radical (unpaired) electrons. The molecule has 8 heteroatoms. The van der Waals surface area contributed by atoms with Crippen LogP contribution in [-0.4, -0.2) is 17.5 Å². The van der Waals surface area contributed by atoms with Gasteiger partial charge in [-0.3, -0.25) is 14.9 Å². The molecule has 3 rings (SSSR count). The number of halogens is 3. The maximum atomic E-state index is 12.6. The number of alkyl halides is 3. The molecule has 1 saturated heterocycles. The van der Waals surface area contributed by atoms with E-state index < -0.39 is 17.5 Å². The summed E-state index contributed by atoms with van der Waals surface area (Å²) in [5.74, 6) is -0.816. The number of carbonyl (C=O) groups is 2. The molecule has 0 bridgehead atoms. The van der Waals surface area contributed by atoms with E-state index in [-0.39, 0.29) is 16.2 Å². The Bertz CT molecular complexity index is 877. The molecule has 1 aliphatic rings. The summed E-state index contributed by atoms with van der Waals surface area (Å²) in [6, 6.07) is 12.4. The van der Waals surface area contributed by atoms with Crippen LogP contribution in [0.15, 0.2) is 53.4 Å². The van der Waals surface area contributed by atoms with E-state index in [9.17, 15) is 22.8 Å². The third-order valence-corrected chi connectivity index (χ3v) is 4.06. The Morgan fingerprint density at radius 3 is 2.48 bits per heavy atom. The van der Waals surface area contributed by atoms with E-state index in [1.54, 1.807) is 30.3 Å². The SMILES string of the molecule is O=C1NC(=O)/C(=C/c2cccc(-c3ccccc3OC(F)(F)F)c2)S1. The second-order valence-electron chi connectivity index (χ2n) is 5.02. The lowest BCUT2D eigenvalue weighted by Gasteiger charge is -2.13. The van der Waals surface area contributed by atoms with E-state index in [1.165, 1.54) is 24.3 Å². The van der Waals surface area contributed by atoms with Crippen LogP contribution in [-0.2, 0) is 4.79 Å². The number of hydrogen-bond donors (Lipinski definition) is 1. The van der Waals surface area contributed by atoms with Gasteiger partial charge in [0.15, 0.2) is 0 Å². The first-order valence-electron chi connectivity index (χ1n) is 7.02. The molecule has 1 fully saturated rings. The number of nitrogens with one attached hydrogen (secondary N) is 1. The van der Waals surface area contributed by atoms with Crippen LogP contribution < -0.4 is 10.1 Å². The van der Waals surface area contributed by atoms with Crippen LogP contribution in [0.3, 0.4) is 0 Å². The van der Waals surface area contributed by atoms with Crippen molar-refractivity contribution in [2.45, 2.75) is 6.36 Å². The van der Waals surface area contributed by atoms with Gasteiger partial charge in [0.2, 0.25) is 0 Å². The molecule has 1 heterocycles. The second-order valence-corrected chi connectivity index (χ2v) is 6.04.